The first-order valence-electron chi connectivity index (χ1n) is 9.47. The lowest BCUT2D eigenvalue weighted by atomic mass is 10.1. The van der Waals surface area contributed by atoms with Crippen LogP contribution in [0, 0.1) is 13.8 Å². The number of ether oxygens (including phenoxy) is 2. The quantitative estimate of drug-likeness (QED) is 0.482. The van der Waals surface area contributed by atoms with Gasteiger partial charge in [0.2, 0.25) is 6.79 Å². The maximum atomic E-state index is 12.8. The molecule has 0 fully saturated rings. The van der Waals surface area contributed by atoms with Crippen LogP contribution in [0.1, 0.15) is 20.8 Å². The van der Waals surface area contributed by atoms with Crippen LogP contribution in [0.4, 0.5) is 11.4 Å². The molecule has 1 aliphatic heterocycles. The summed E-state index contributed by atoms with van der Waals surface area (Å²) in [7, 11) is 0. The molecule has 0 atom stereocenters. The van der Waals surface area contributed by atoms with Gasteiger partial charge in [-0.2, -0.15) is 0 Å². The molecule has 0 saturated heterocycles. The Bertz CT molecular complexity index is 1310. The molecule has 5 rings (SSSR count). The van der Waals surface area contributed by atoms with Crippen molar-refractivity contribution in [3.8, 4) is 22.8 Å². The van der Waals surface area contributed by atoms with Crippen molar-refractivity contribution in [2.45, 2.75) is 13.8 Å². The number of benzene rings is 2. The lowest BCUT2D eigenvalue weighted by molar-refractivity contribution is 0.103. The molecule has 1 amide bonds. The molecule has 0 bridgehead atoms. The Hall–Kier alpha value is -3.58. The van der Waals surface area contributed by atoms with Crippen LogP contribution in [0.25, 0.3) is 21.5 Å². The third-order valence-electron chi connectivity index (χ3n) is 5.23. The predicted molar refractivity (Wildman–Crippen MR) is 119 cm³/mol. The van der Waals surface area contributed by atoms with E-state index in [-0.39, 0.29) is 12.7 Å². The number of pyridine rings is 1. The summed E-state index contributed by atoms with van der Waals surface area (Å²) in [6, 6.07) is 15.3. The maximum absolute atomic E-state index is 12.8. The molecule has 3 N–H and O–H groups in total. The highest BCUT2D eigenvalue weighted by molar-refractivity contribution is 7.21. The standard InChI is InChI=1S/C23H19N3O3S/c1-12-3-5-15(9-13(12)2)25-22(27)21-20(24)16-6-7-17(26-23(16)30-21)14-4-8-18-19(10-14)29-11-28-18/h3-10H,11,24H2,1-2H3,(H,25,27). The number of rotatable bonds is 3. The van der Waals surface area contributed by atoms with Crippen molar-refractivity contribution in [3.05, 3.63) is 64.5 Å². The van der Waals surface area contributed by atoms with Gasteiger partial charge in [-0.3, -0.25) is 4.79 Å². The number of thiophene rings is 1. The van der Waals surface area contributed by atoms with E-state index in [2.05, 4.69) is 5.32 Å². The first-order valence-corrected chi connectivity index (χ1v) is 10.3. The normalized spacial score (nSPS) is 12.3. The average Bonchev–Trinajstić information content (AvgIpc) is 3.34. The summed E-state index contributed by atoms with van der Waals surface area (Å²) in [6.07, 6.45) is 0. The zero-order chi connectivity index (χ0) is 20.8. The minimum atomic E-state index is -0.233. The number of nitrogens with one attached hydrogen (secondary N) is 1. The number of carbonyl (C=O) groups is 1. The van der Waals surface area contributed by atoms with Crippen LogP contribution in [0.5, 0.6) is 11.5 Å². The topological polar surface area (TPSA) is 86.5 Å². The van der Waals surface area contributed by atoms with Crippen molar-refractivity contribution < 1.29 is 14.3 Å². The second-order valence-corrected chi connectivity index (χ2v) is 8.21. The molecule has 7 heteroatoms. The molecule has 0 radical (unpaired) electrons. The molecule has 30 heavy (non-hydrogen) atoms. The van der Waals surface area contributed by atoms with Crippen molar-refractivity contribution in [2.75, 3.05) is 17.8 Å². The van der Waals surface area contributed by atoms with Gasteiger partial charge in [-0.25, -0.2) is 4.98 Å². The van der Waals surface area contributed by atoms with Crippen molar-refractivity contribution in [1.82, 2.24) is 4.98 Å². The number of aromatic nitrogens is 1. The second kappa shape index (κ2) is 7.03. The monoisotopic (exact) mass is 417 g/mol. The van der Waals surface area contributed by atoms with Crippen LogP contribution in [-0.4, -0.2) is 17.7 Å². The molecular formula is C23H19N3O3S. The lowest BCUT2D eigenvalue weighted by Gasteiger charge is -2.07. The van der Waals surface area contributed by atoms with E-state index < -0.39 is 0 Å². The highest BCUT2D eigenvalue weighted by Crippen LogP contribution is 2.38. The van der Waals surface area contributed by atoms with Crippen LogP contribution in [0.15, 0.2) is 48.5 Å². The molecule has 0 aliphatic carbocycles. The van der Waals surface area contributed by atoms with Gasteiger partial charge in [0.05, 0.1) is 11.4 Å². The average molecular weight is 417 g/mol. The van der Waals surface area contributed by atoms with Crippen LogP contribution in [0.3, 0.4) is 0 Å². The van der Waals surface area contributed by atoms with E-state index in [1.165, 1.54) is 16.9 Å². The number of fused-ring (bicyclic) bond motifs is 2. The number of hydrogen-bond acceptors (Lipinski definition) is 6. The van der Waals surface area contributed by atoms with Gasteiger partial charge >= 0.3 is 0 Å². The van der Waals surface area contributed by atoms with E-state index in [0.717, 1.165) is 33.6 Å². The number of hydrogen-bond donors (Lipinski definition) is 2. The molecule has 6 nitrogen and oxygen atoms in total. The molecule has 2 aromatic carbocycles. The molecule has 150 valence electrons. The Balaban J connectivity index is 1.47. The first kappa shape index (κ1) is 18.4. The van der Waals surface area contributed by atoms with E-state index in [1.54, 1.807) is 0 Å². The van der Waals surface area contributed by atoms with Gasteiger partial charge in [0.15, 0.2) is 11.5 Å². The van der Waals surface area contributed by atoms with Crippen molar-refractivity contribution in [2.24, 2.45) is 0 Å². The molecule has 4 aromatic rings. The summed E-state index contributed by atoms with van der Waals surface area (Å²) >= 11 is 1.29. The molecular weight excluding hydrogens is 398 g/mol. The fraction of sp³-hybridized carbons (Fsp3) is 0.130. The van der Waals surface area contributed by atoms with Crippen LogP contribution in [-0.2, 0) is 0 Å². The Labute approximate surface area is 177 Å². The zero-order valence-electron chi connectivity index (χ0n) is 16.5. The SMILES string of the molecule is Cc1ccc(NC(=O)c2sc3nc(-c4ccc5c(c4)OCO5)ccc3c2N)cc1C. The van der Waals surface area contributed by atoms with Gasteiger partial charge in [-0.1, -0.05) is 6.07 Å². The Kier molecular flexibility index (Phi) is 4.33. The number of carbonyl (C=O) groups excluding carboxylic acids is 1. The van der Waals surface area contributed by atoms with Gasteiger partial charge in [-0.15, -0.1) is 11.3 Å². The van der Waals surface area contributed by atoms with E-state index in [0.29, 0.717) is 21.1 Å². The van der Waals surface area contributed by atoms with Gasteiger partial charge in [0, 0.05) is 16.6 Å². The first-order chi connectivity index (χ1) is 14.5. The van der Waals surface area contributed by atoms with Gasteiger partial charge in [-0.05, 0) is 67.4 Å². The van der Waals surface area contributed by atoms with Gasteiger partial charge < -0.3 is 20.5 Å². The van der Waals surface area contributed by atoms with Crippen LogP contribution in [0.2, 0.25) is 0 Å². The van der Waals surface area contributed by atoms with Crippen molar-refractivity contribution >= 4 is 38.8 Å². The number of aryl methyl sites for hydroxylation is 2. The molecule has 3 heterocycles. The highest BCUT2D eigenvalue weighted by atomic mass is 32.1. The fourth-order valence-corrected chi connectivity index (χ4v) is 4.38. The number of nitrogens with two attached hydrogens (primary N) is 1. The third-order valence-corrected chi connectivity index (χ3v) is 6.35. The molecule has 1 aliphatic rings. The molecule has 0 spiro atoms. The Morgan fingerprint density at radius 1 is 1.03 bits per heavy atom. The minimum absolute atomic E-state index is 0.228. The summed E-state index contributed by atoms with van der Waals surface area (Å²) in [6.45, 7) is 4.28. The Morgan fingerprint density at radius 2 is 1.87 bits per heavy atom. The molecule has 0 saturated carbocycles. The van der Waals surface area contributed by atoms with E-state index >= 15 is 0 Å². The number of nitrogen functional groups attached to an aromatic ring is 1. The van der Waals surface area contributed by atoms with Crippen LogP contribution < -0.4 is 20.5 Å². The number of nitrogens with zero attached hydrogens (tertiary/aromatic N) is 1. The van der Waals surface area contributed by atoms with Crippen LogP contribution >= 0.6 is 11.3 Å². The summed E-state index contributed by atoms with van der Waals surface area (Å²) < 4.78 is 10.8. The third kappa shape index (κ3) is 3.13. The zero-order valence-corrected chi connectivity index (χ0v) is 17.3. The summed E-state index contributed by atoms with van der Waals surface area (Å²) in [5.74, 6) is 1.20. The maximum Gasteiger partial charge on any atom is 0.267 e. The predicted octanol–water partition coefficient (Wildman–Crippen LogP) is 5.14. The number of anilines is 2. The smallest absolute Gasteiger partial charge is 0.267 e. The van der Waals surface area contributed by atoms with Gasteiger partial charge in [0.25, 0.3) is 5.91 Å². The number of amides is 1. The van der Waals surface area contributed by atoms with Crippen molar-refractivity contribution in [3.63, 3.8) is 0 Å². The largest absolute Gasteiger partial charge is 0.454 e. The van der Waals surface area contributed by atoms with E-state index in [4.69, 9.17) is 20.2 Å². The summed E-state index contributed by atoms with van der Waals surface area (Å²) in [4.78, 5) is 18.7. The lowest BCUT2D eigenvalue weighted by Crippen LogP contribution is -2.12. The summed E-state index contributed by atoms with van der Waals surface area (Å²) in [5.41, 5.74) is 11.5. The summed E-state index contributed by atoms with van der Waals surface area (Å²) in [5, 5.41) is 3.71. The van der Waals surface area contributed by atoms with Crippen molar-refractivity contribution in [1.29, 1.82) is 0 Å². The molecule has 2 aromatic heterocycles. The fourth-order valence-electron chi connectivity index (χ4n) is 3.39. The van der Waals surface area contributed by atoms with E-state index in [9.17, 15) is 4.79 Å². The highest BCUT2D eigenvalue weighted by Gasteiger charge is 2.19. The van der Waals surface area contributed by atoms with Gasteiger partial charge in [0.1, 0.15) is 9.71 Å². The Morgan fingerprint density at radius 3 is 2.70 bits per heavy atom. The second-order valence-electron chi connectivity index (χ2n) is 7.22. The molecule has 0 unspecified atom stereocenters. The minimum Gasteiger partial charge on any atom is -0.454 e. The van der Waals surface area contributed by atoms with E-state index in [1.807, 2.05) is 62.4 Å².